The summed E-state index contributed by atoms with van der Waals surface area (Å²) in [6, 6.07) is 14.1. The van der Waals surface area contributed by atoms with Crippen molar-refractivity contribution in [1.29, 1.82) is 0 Å². The molecule has 1 fully saturated rings. The first-order valence-corrected chi connectivity index (χ1v) is 11.5. The van der Waals surface area contributed by atoms with Gasteiger partial charge in [0.15, 0.2) is 11.5 Å². The fraction of sp³-hybridized carbons (Fsp3) is 0.308. The molecule has 0 aromatic heterocycles. The maximum Gasteiger partial charge on any atom is 0.290 e. The number of rotatable bonds is 9. The number of nitrogens with zero attached hydrogens (tertiary/aromatic N) is 3. The second kappa shape index (κ2) is 11.1. The first-order valence-electron chi connectivity index (χ1n) is 11.5. The molecule has 0 unspecified atom stereocenters. The Kier molecular flexibility index (Phi) is 7.69. The molecule has 2 aromatic rings. The Labute approximate surface area is 203 Å². The lowest BCUT2D eigenvalue weighted by Gasteiger charge is -2.29. The van der Waals surface area contributed by atoms with Crippen LogP contribution in [-0.2, 0) is 14.3 Å². The van der Waals surface area contributed by atoms with Gasteiger partial charge in [-0.3, -0.25) is 24.6 Å². The summed E-state index contributed by atoms with van der Waals surface area (Å²) in [5.74, 6) is -1.69. The number of aliphatic hydroxyl groups is 1. The van der Waals surface area contributed by atoms with E-state index in [9.17, 15) is 24.8 Å². The molecule has 9 heteroatoms. The minimum absolute atomic E-state index is 0.0255. The first kappa shape index (κ1) is 24.3. The number of allylic oxidation sites excluding steroid dienone is 1. The van der Waals surface area contributed by atoms with Gasteiger partial charge in [-0.2, -0.15) is 0 Å². The van der Waals surface area contributed by atoms with Crippen LogP contribution in [0.25, 0.3) is 6.08 Å². The monoisotopic (exact) mass is 477 g/mol. The summed E-state index contributed by atoms with van der Waals surface area (Å²) in [7, 11) is 0. The molecule has 1 atom stereocenters. The molecule has 35 heavy (non-hydrogen) atoms. The number of morpholine rings is 1. The molecule has 2 heterocycles. The van der Waals surface area contributed by atoms with Crippen molar-refractivity contribution in [1.82, 2.24) is 9.80 Å². The van der Waals surface area contributed by atoms with Crippen molar-refractivity contribution in [3.63, 3.8) is 0 Å². The van der Waals surface area contributed by atoms with Crippen LogP contribution in [0.1, 0.15) is 23.6 Å². The molecule has 0 radical (unpaired) electrons. The lowest BCUT2D eigenvalue weighted by atomic mass is 9.95. The molecule has 2 aliphatic rings. The van der Waals surface area contributed by atoms with Crippen LogP contribution in [0.4, 0.5) is 5.69 Å². The van der Waals surface area contributed by atoms with Crippen LogP contribution >= 0.6 is 0 Å². The molecule has 1 N–H and O–H groups in total. The Morgan fingerprint density at radius 2 is 1.77 bits per heavy atom. The Morgan fingerprint density at radius 1 is 1.09 bits per heavy atom. The fourth-order valence-electron chi connectivity index (χ4n) is 4.38. The van der Waals surface area contributed by atoms with E-state index in [0.717, 1.165) is 25.2 Å². The van der Waals surface area contributed by atoms with Gasteiger partial charge in [0.1, 0.15) is 0 Å². The summed E-state index contributed by atoms with van der Waals surface area (Å²) >= 11 is 0. The van der Waals surface area contributed by atoms with Crippen molar-refractivity contribution in [3.05, 3.63) is 93.2 Å². The van der Waals surface area contributed by atoms with Crippen molar-refractivity contribution in [3.8, 4) is 0 Å². The highest BCUT2D eigenvalue weighted by molar-refractivity contribution is 6.14. The second-order valence-corrected chi connectivity index (χ2v) is 8.43. The molecular formula is C26H27N3O6. The van der Waals surface area contributed by atoms with Crippen molar-refractivity contribution >= 4 is 23.5 Å². The zero-order valence-electron chi connectivity index (χ0n) is 19.2. The first-order chi connectivity index (χ1) is 17.0. The van der Waals surface area contributed by atoms with Gasteiger partial charge in [0, 0.05) is 38.3 Å². The predicted molar refractivity (Wildman–Crippen MR) is 130 cm³/mol. The zero-order valence-corrected chi connectivity index (χ0v) is 19.2. The van der Waals surface area contributed by atoms with Gasteiger partial charge in [-0.25, -0.2) is 0 Å². The summed E-state index contributed by atoms with van der Waals surface area (Å²) in [4.78, 5) is 40.5. The third kappa shape index (κ3) is 5.64. The van der Waals surface area contributed by atoms with Crippen molar-refractivity contribution in [2.45, 2.75) is 12.5 Å². The van der Waals surface area contributed by atoms with E-state index in [1.807, 2.05) is 30.3 Å². The highest BCUT2D eigenvalue weighted by atomic mass is 16.6. The van der Waals surface area contributed by atoms with E-state index < -0.39 is 28.4 Å². The minimum atomic E-state index is -0.832. The number of carbonyl (C=O) groups is 2. The number of ether oxygens (including phenoxy) is 1. The van der Waals surface area contributed by atoms with Crippen LogP contribution < -0.4 is 0 Å². The van der Waals surface area contributed by atoms with Gasteiger partial charge >= 0.3 is 0 Å². The average Bonchev–Trinajstić information content (AvgIpc) is 3.13. The second-order valence-electron chi connectivity index (χ2n) is 8.43. The SMILES string of the molecule is O=C(/C=C\c1ccccc1)C1=C(O)C(=O)N(CCCN2CCOCC2)[C@H]1c1ccc([N+](=O)[O-])cc1. The number of carbonyl (C=O) groups excluding carboxylic acids is 2. The van der Waals surface area contributed by atoms with Crippen LogP contribution in [0.2, 0.25) is 0 Å². The maximum atomic E-state index is 13.2. The molecule has 0 saturated carbocycles. The number of nitro groups is 1. The molecule has 182 valence electrons. The van der Waals surface area contributed by atoms with E-state index in [-0.39, 0.29) is 11.3 Å². The van der Waals surface area contributed by atoms with E-state index in [0.29, 0.717) is 31.7 Å². The molecule has 1 amide bonds. The van der Waals surface area contributed by atoms with Crippen molar-refractivity contribution in [2.75, 3.05) is 39.4 Å². The van der Waals surface area contributed by atoms with E-state index >= 15 is 0 Å². The maximum absolute atomic E-state index is 13.2. The number of aliphatic hydroxyl groups excluding tert-OH is 1. The standard InChI is InChI=1S/C26H27N3O6/c30-22(12-7-19-5-2-1-3-6-19)23-24(20-8-10-21(11-9-20)29(33)34)28(26(32)25(23)31)14-4-13-27-15-17-35-18-16-27/h1-3,5-12,24,31H,4,13-18H2/b12-7-/t24-/m0/s1. The smallest absolute Gasteiger partial charge is 0.290 e. The number of nitro benzene ring substituents is 1. The van der Waals surface area contributed by atoms with Crippen LogP contribution in [0.3, 0.4) is 0 Å². The van der Waals surface area contributed by atoms with E-state index in [1.165, 1.54) is 35.2 Å². The third-order valence-electron chi connectivity index (χ3n) is 6.19. The van der Waals surface area contributed by atoms with Gasteiger partial charge in [-0.05, 0) is 35.8 Å². The van der Waals surface area contributed by atoms with Crippen LogP contribution in [0.15, 0.2) is 72.0 Å². The Balaban J connectivity index is 1.59. The van der Waals surface area contributed by atoms with E-state index in [4.69, 9.17) is 4.74 Å². The largest absolute Gasteiger partial charge is 0.503 e. The topological polar surface area (TPSA) is 113 Å². The molecule has 2 aliphatic heterocycles. The Hall–Kier alpha value is -3.82. The molecular weight excluding hydrogens is 450 g/mol. The predicted octanol–water partition coefficient (Wildman–Crippen LogP) is 3.30. The summed E-state index contributed by atoms with van der Waals surface area (Å²) in [6.07, 6.45) is 3.61. The van der Waals surface area contributed by atoms with Gasteiger partial charge in [-0.15, -0.1) is 0 Å². The van der Waals surface area contributed by atoms with Crippen LogP contribution in [0.5, 0.6) is 0 Å². The number of hydrogen-bond acceptors (Lipinski definition) is 7. The van der Waals surface area contributed by atoms with Crippen LogP contribution in [-0.4, -0.2) is 70.9 Å². The molecule has 9 nitrogen and oxygen atoms in total. The molecule has 4 rings (SSSR count). The molecule has 0 bridgehead atoms. The third-order valence-corrected chi connectivity index (χ3v) is 6.19. The number of ketones is 1. The molecule has 2 aromatic carbocycles. The number of non-ortho nitro benzene ring substituents is 1. The van der Waals surface area contributed by atoms with Gasteiger partial charge in [-0.1, -0.05) is 36.4 Å². The quantitative estimate of drug-likeness (QED) is 0.335. The summed E-state index contributed by atoms with van der Waals surface area (Å²) in [5.41, 5.74) is 1.21. The summed E-state index contributed by atoms with van der Waals surface area (Å²) in [6.45, 7) is 4.04. The van der Waals surface area contributed by atoms with Crippen molar-refractivity contribution < 1.29 is 24.4 Å². The minimum Gasteiger partial charge on any atom is -0.503 e. The normalized spacial score (nSPS) is 19.0. The lowest BCUT2D eigenvalue weighted by Crippen LogP contribution is -2.39. The average molecular weight is 478 g/mol. The van der Waals surface area contributed by atoms with E-state index in [1.54, 1.807) is 6.08 Å². The Bertz CT molecular complexity index is 1140. The molecule has 0 spiro atoms. The highest BCUT2D eigenvalue weighted by Gasteiger charge is 2.42. The lowest BCUT2D eigenvalue weighted by molar-refractivity contribution is -0.384. The van der Waals surface area contributed by atoms with Gasteiger partial charge < -0.3 is 14.7 Å². The highest BCUT2D eigenvalue weighted by Crippen LogP contribution is 2.38. The molecule has 1 saturated heterocycles. The number of hydrogen-bond donors (Lipinski definition) is 1. The van der Waals surface area contributed by atoms with Crippen LogP contribution in [0, 0.1) is 10.1 Å². The zero-order chi connectivity index (χ0) is 24.8. The van der Waals surface area contributed by atoms with E-state index in [2.05, 4.69) is 4.90 Å². The van der Waals surface area contributed by atoms with Gasteiger partial charge in [0.05, 0.1) is 29.8 Å². The number of amides is 1. The Morgan fingerprint density at radius 3 is 2.43 bits per heavy atom. The van der Waals surface area contributed by atoms with Gasteiger partial charge in [0.2, 0.25) is 0 Å². The van der Waals surface area contributed by atoms with Gasteiger partial charge in [0.25, 0.3) is 11.6 Å². The van der Waals surface area contributed by atoms with Crippen molar-refractivity contribution in [2.24, 2.45) is 0 Å². The summed E-state index contributed by atoms with van der Waals surface area (Å²) < 4.78 is 5.37. The molecule has 0 aliphatic carbocycles. The fourth-order valence-corrected chi connectivity index (χ4v) is 4.38. The number of benzene rings is 2. The summed E-state index contributed by atoms with van der Waals surface area (Å²) in [5, 5.41) is 21.8.